The Hall–Kier alpha value is -1.83. The molecule has 0 radical (unpaired) electrons. The van der Waals surface area contributed by atoms with E-state index < -0.39 is 18.1 Å². The van der Waals surface area contributed by atoms with Crippen LogP contribution >= 0.6 is 22.6 Å². The molecule has 0 bridgehead atoms. The van der Waals surface area contributed by atoms with E-state index in [-0.39, 0.29) is 5.75 Å². The minimum absolute atomic E-state index is 0.136. The molecule has 0 spiro atoms. The second-order valence-corrected chi connectivity index (χ2v) is 7.98. The van der Waals surface area contributed by atoms with E-state index in [0.29, 0.717) is 22.2 Å². The highest BCUT2D eigenvalue weighted by Crippen LogP contribution is 2.33. The summed E-state index contributed by atoms with van der Waals surface area (Å²) < 4.78 is 5.91. The number of ether oxygens (including phenoxy) is 1. The number of allylic oxidation sites excluding steroid dienone is 1. The first-order valence-corrected chi connectivity index (χ1v) is 10.2. The minimum Gasteiger partial charge on any atom is -0.504 e. The molecule has 0 saturated heterocycles. The lowest BCUT2D eigenvalue weighted by Gasteiger charge is -2.25. The van der Waals surface area contributed by atoms with Crippen LogP contribution in [0.25, 0.3) is 6.08 Å². The number of hydrogen-bond donors (Lipinski definition) is 3. The van der Waals surface area contributed by atoms with Crippen LogP contribution in [0, 0.1) is 9.49 Å². The van der Waals surface area contributed by atoms with E-state index in [9.17, 15) is 15.3 Å². The second-order valence-electron chi connectivity index (χ2n) is 6.82. The van der Waals surface area contributed by atoms with Crippen LogP contribution in [0.5, 0.6) is 11.5 Å². The van der Waals surface area contributed by atoms with E-state index in [1.54, 1.807) is 12.1 Å². The van der Waals surface area contributed by atoms with Gasteiger partial charge in [0.2, 0.25) is 0 Å². The molecule has 0 fully saturated rings. The average molecular weight is 494 g/mol. The van der Waals surface area contributed by atoms with Gasteiger partial charge < -0.3 is 20.1 Å². The fourth-order valence-corrected chi connectivity index (χ4v) is 3.75. The van der Waals surface area contributed by atoms with E-state index in [0.717, 1.165) is 16.7 Å². The van der Waals surface area contributed by atoms with Crippen LogP contribution in [-0.4, -0.2) is 28.5 Å². The molecule has 0 saturated carbocycles. The molecule has 2 rings (SSSR count). The lowest BCUT2D eigenvalue weighted by Crippen LogP contribution is -2.25. The summed E-state index contributed by atoms with van der Waals surface area (Å²) in [5.74, 6) is 0.130. The van der Waals surface area contributed by atoms with Crippen LogP contribution in [-0.2, 0) is 0 Å². The van der Waals surface area contributed by atoms with Crippen molar-refractivity contribution in [3.8, 4) is 11.5 Å². The summed E-state index contributed by atoms with van der Waals surface area (Å²) in [5.41, 5.74) is 2.78. The molecule has 4 nitrogen and oxygen atoms in total. The number of phenolic OH excluding ortho intramolecular Hbond substituents is 1. The first-order valence-electron chi connectivity index (χ1n) is 9.14. The normalized spacial score (nSPS) is 15.0. The van der Waals surface area contributed by atoms with E-state index in [1.807, 2.05) is 49.4 Å². The lowest BCUT2D eigenvalue weighted by molar-refractivity contribution is 0.0319. The first kappa shape index (κ1) is 22.5. The van der Waals surface area contributed by atoms with Gasteiger partial charge in [0.15, 0.2) is 11.5 Å². The minimum atomic E-state index is -0.791. The molecule has 2 aromatic rings. The fourth-order valence-electron chi connectivity index (χ4n) is 3.13. The van der Waals surface area contributed by atoms with Crippen molar-refractivity contribution in [2.24, 2.45) is 5.92 Å². The molecule has 0 aliphatic carbocycles. The Kier molecular flexibility index (Phi) is 8.54. The predicted molar refractivity (Wildman–Crippen MR) is 121 cm³/mol. The Labute approximate surface area is 180 Å². The zero-order chi connectivity index (χ0) is 20.7. The quantitative estimate of drug-likeness (QED) is 0.336. The Morgan fingerprint density at radius 1 is 1.21 bits per heavy atom. The smallest absolute Gasteiger partial charge is 0.171 e. The van der Waals surface area contributed by atoms with Crippen LogP contribution in [0.2, 0.25) is 0 Å². The van der Waals surface area contributed by atoms with E-state index in [2.05, 4.69) is 29.2 Å². The van der Waals surface area contributed by atoms with Gasteiger partial charge in [0.05, 0.1) is 22.9 Å². The Morgan fingerprint density at radius 3 is 2.50 bits per heavy atom. The molecular weight excluding hydrogens is 467 g/mol. The number of aliphatic hydroxyl groups is 2. The summed E-state index contributed by atoms with van der Waals surface area (Å²) in [6.07, 6.45) is 3.32. The lowest BCUT2D eigenvalue weighted by atomic mass is 9.88. The number of rotatable bonds is 9. The molecule has 0 aliphatic rings. The van der Waals surface area contributed by atoms with Gasteiger partial charge in [0, 0.05) is 5.92 Å². The van der Waals surface area contributed by atoms with Crippen molar-refractivity contribution in [1.29, 1.82) is 0 Å². The highest BCUT2D eigenvalue weighted by molar-refractivity contribution is 14.1. The number of hydrogen-bond acceptors (Lipinski definition) is 4. The number of aromatic hydroxyl groups is 1. The fraction of sp³-hybridized carbons (Fsp3) is 0.304. The van der Waals surface area contributed by atoms with Gasteiger partial charge >= 0.3 is 0 Å². The molecule has 0 amide bonds. The molecule has 0 aliphatic heterocycles. The van der Waals surface area contributed by atoms with E-state index in [4.69, 9.17) is 4.74 Å². The molecule has 0 unspecified atom stereocenters. The largest absolute Gasteiger partial charge is 0.504 e. The number of methoxy groups -OCH3 is 1. The van der Waals surface area contributed by atoms with Crippen molar-refractivity contribution in [2.45, 2.75) is 32.0 Å². The van der Waals surface area contributed by atoms with Gasteiger partial charge in [-0.3, -0.25) is 0 Å². The van der Waals surface area contributed by atoms with Gasteiger partial charge in [-0.2, -0.15) is 0 Å². The molecule has 2 aromatic carbocycles. The topological polar surface area (TPSA) is 69.9 Å². The van der Waals surface area contributed by atoms with Crippen LogP contribution in [0.15, 0.2) is 60.7 Å². The summed E-state index contributed by atoms with van der Waals surface area (Å²) in [5, 5.41) is 31.1. The summed E-state index contributed by atoms with van der Waals surface area (Å²) in [7, 11) is 1.52. The van der Waals surface area contributed by atoms with Crippen LogP contribution in [0.3, 0.4) is 0 Å². The summed E-state index contributed by atoms with van der Waals surface area (Å²) in [4.78, 5) is 0. The molecular formula is C23H27IO4. The maximum absolute atomic E-state index is 10.6. The summed E-state index contributed by atoms with van der Waals surface area (Å²) in [6.45, 7) is 5.78. The highest BCUT2D eigenvalue weighted by atomic mass is 127. The van der Waals surface area contributed by atoms with Gasteiger partial charge in [-0.15, -0.1) is 6.58 Å². The van der Waals surface area contributed by atoms with Crippen molar-refractivity contribution < 1.29 is 20.1 Å². The van der Waals surface area contributed by atoms with Crippen molar-refractivity contribution >= 4 is 28.7 Å². The molecule has 28 heavy (non-hydrogen) atoms. The molecule has 5 heteroatoms. The Balaban J connectivity index is 2.04. The highest BCUT2D eigenvalue weighted by Gasteiger charge is 2.25. The third kappa shape index (κ3) is 5.83. The Morgan fingerprint density at radius 2 is 1.89 bits per heavy atom. The monoisotopic (exact) mass is 494 g/mol. The number of halogens is 1. The molecule has 150 valence electrons. The molecule has 0 aromatic heterocycles. The van der Waals surface area contributed by atoms with Gasteiger partial charge in [-0.1, -0.05) is 48.1 Å². The maximum Gasteiger partial charge on any atom is 0.171 e. The Bertz CT molecular complexity index is 817. The van der Waals surface area contributed by atoms with Gasteiger partial charge in [-0.05, 0) is 65.6 Å². The van der Waals surface area contributed by atoms with Crippen LogP contribution in [0.4, 0.5) is 0 Å². The number of phenols is 1. The maximum atomic E-state index is 10.6. The molecule has 3 atom stereocenters. The zero-order valence-electron chi connectivity index (χ0n) is 16.2. The summed E-state index contributed by atoms with van der Waals surface area (Å²) in [6, 6.07) is 13.0. The number of benzene rings is 2. The zero-order valence-corrected chi connectivity index (χ0v) is 18.3. The van der Waals surface area contributed by atoms with Gasteiger partial charge in [-0.25, -0.2) is 0 Å². The van der Waals surface area contributed by atoms with Crippen LogP contribution < -0.4 is 4.74 Å². The first-order chi connectivity index (χ1) is 13.4. The van der Waals surface area contributed by atoms with Crippen molar-refractivity contribution in [1.82, 2.24) is 0 Å². The third-order valence-corrected chi connectivity index (χ3v) is 5.56. The standard InChI is InChI=1S/C23H27IO4/c1-4-18(22(26)17-8-6-5-7-9-17)20(25)11-10-15(2)12-16-13-19(24)23(27)21(14-16)28-3/h4-9,12-14,18,20,22,25-27H,1,10-11H2,2-3H3/b15-12+/t18-,20-,22-/m1/s1. The second kappa shape index (κ2) is 10.6. The van der Waals surface area contributed by atoms with E-state index in [1.165, 1.54) is 7.11 Å². The molecule has 0 heterocycles. The third-order valence-electron chi connectivity index (χ3n) is 4.74. The SMILES string of the molecule is C=C[C@H]([C@H](O)CC/C(C)=C/c1cc(I)c(O)c(OC)c1)[C@H](O)c1ccccc1. The predicted octanol–water partition coefficient (Wildman–Crippen LogP) is 5.09. The average Bonchev–Trinajstić information content (AvgIpc) is 2.70. The summed E-state index contributed by atoms with van der Waals surface area (Å²) >= 11 is 2.07. The van der Waals surface area contributed by atoms with Gasteiger partial charge in [0.25, 0.3) is 0 Å². The van der Waals surface area contributed by atoms with Crippen molar-refractivity contribution in [3.63, 3.8) is 0 Å². The van der Waals surface area contributed by atoms with Crippen LogP contribution in [0.1, 0.15) is 37.0 Å². The molecule has 3 N–H and O–H groups in total. The van der Waals surface area contributed by atoms with Gasteiger partial charge in [0.1, 0.15) is 0 Å². The number of aliphatic hydroxyl groups excluding tert-OH is 2. The van der Waals surface area contributed by atoms with E-state index >= 15 is 0 Å². The van der Waals surface area contributed by atoms with Crippen molar-refractivity contribution in [2.75, 3.05) is 7.11 Å². The van der Waals surface area contributed by atoms with Crippen molar-refractivity contribution in [3.05, 3.63) is 75.4 Å².